The normalized spacial score (nSPS) is 33.0. The van der Waals surface area contributed by atoms with Crippen LogP contribution in [-0.2, 0) is 0 Å². The molecule has 2 aliphatic heterocycles. The topological polar surface area (TPSA) is 49.8 Å². The monoisotopic (exact) mass is 218 g/mol. The second kappa shape index (κ2) is 3.79. The number of aromatic nitrogens is 2. The lowest BCUT2D eigenvalue weighted by atomic mass is 9.94. The lowest BCUT2D eigenvalue weighted by molar-refractivity contribution is 0.432. The molecule has 0 bridgehead atoms. The van der Waals surface area contributed by atoms with Gasteiger partial charge in [-0.15, -0.1) is 0 Å². The van der Waals surface area contributed by atoms with Crippen molar-refractivity contribution in [2.24, 2.45) is 11.8 Å². The maximum atomic E-state index is 4.58. The molecule has 2 aliphatic rings. The summed E-state index contributed by atoms with van der Waals surface area (Å²) in [6, 6.07) is 2.38. The van der Waals surface area contributed by atoms with Crippen LogP contribution in [0.2, 0.25) is 0 Å². The fourth-order valence-electron chi connectivity index (χ4n) is 2.97. The number of hydrogen-bond donors (Lipinski definition) is 2. The fraction of sp³-hybridized carbons (Fsp3) is 0.667. The molecule has 3 heterocycles. The molecule has 3 atom stereocenters. The third-order valence-electron chi connectivity index (χ3n) is 3.70. The number of nitrogens with zero attached hydrogens (tertiary/aromatic N) is 2. The van der Waals surface area contributed by atoms with E-state index in [2.05, 4.69) is 20.6 Å². The van der Waals surface area contributed by atoms with Gasteiger partial charge in [-0.1, -0.05) is 0 Å². The molecule has 2 saturated heterocycles. The molecule has 2 N–H and O–H groups in total. The van der Waals surface area contributed by atoms with Crippen molar-refractivity contribution in [3.63, 3.8) is 0 Å². The van der Waals surface area contributed by atoms with E-state index in [1.807, 2.05) is 19.9 Å². The molecule has 3 unspecified atom stereocenters. The van der Waals surface area contributed by atoms with E-state index >= 15 is 0 Å². The van der Waals surface area contributed by atoms with Gasteiger partial charge in [-0.25, -0.2) is 9.97 Å². The van der Waals surface area contributed by atoms with E-state index in [-0.39, 0.29) is 0 Å². The van der Waals surface area contributed by atoms with Gasteiger partial charge in [-0.2, -0.15) is 0 Å². The highest BCUT2D eigenvalue weighted by Crippen LogP contribution is 2.34. The molecule has 4 nitrogen and oxygen atoms in total. The van der Waals surface area contributed by atoms with E-state index in [1.165, 1.54) is 0 Å². The zero-order chi connectivity index (χ0) is 11.1. The van der Waals surface area contributed by atoms with Crippen LogP contribution in [0.1, 0.15) is 23.3 Å². The van der Waals surface area contributed by atoms with Crippen LogP contribution < -0.4 is 10.6 Å². The van der Waals surface area contributed by atoms with Crippen LogP contribution in [0.5, 0.6) is 0 Å². The van der Waals surface area contributed by atoms with Crippen LogP contribution in [-0.4, -0.2) is 29.6 Å². The van der Waals surface area contributed by atoms with E-state index in [9.17, 15) is 0 Å². The fourth-order valence-corrected chi connectivity index (χ4v) is 2.97. The quantitative estimate of drug-likeness (QED) is 0.723. The summed E-state index contributed by atoms with van der Waals surface area (Å²) in [6.07, 6.45) is 0. The first-order chi connectivity index (χ1) is 7.74. The van der Waals surface area contributed by atoms with Gasteiger partial charge in [0, 0.05) is 24.5 Å². The van der Waals surface area contributed by atoms with Crippen LogP contribution >= 0.6 is 0 Å². The van der Waals surface area contributed by atoms with Crippen molar-refractivity contribution in [2.75, 3.05) is 19.6 Å². The van der Waals surface area contributed by atoms with Gasteiger partial charge in [0.2, 0.25) is 0 Å². The summed E-state index contributed by atoms with van der Waals surface area (Å²) in [6.45, 7) is 7.41. The lowest BCUT2D eigenvalue weighted by Crippen LogP contribution is -2.25. The smallest absolute Gasteiger partial charge is 0.146 e. The van der Waals surface area contributed by atoms with Gasteiger partial charge < -0.3 is 10.6 Å². The number of rotatable bonds is 1. The Kier molecular flexibility index (Phi) is 2.41. The van der Waals surface area contributed by atoms with Gasteiger partial charge in [0.05, 0.1) is 6.04 Å². The Hall–Kier alpha value is -1.00. The van der Waals surface area contributed by atoms with Crippen molar-refractivity contribution in [1.29, 1.82) is 0 Å². The number of nitrogens with one attached hydrogen (secondary N) is 2. The van der Waals surface area contributed by atoms with E-state index in [0.717, 1.165) is 42.8 Å². The van der Waals surface area contributed by atoms with Crippen molar-refractivity contribution in [3.8, 4) is 0 Å². The minimum absolute atomic E-state index is 0.346. The largest absolute Gasteiger partial charge is 0.316 e. The zero-order valence-corrected chi connectivity index (χ0v) is 9.83. The predicted octanol–water partition coefficient (Wildman–Crippen LogP) is 0.573. The first-order valence-corrected chi connectivity index (χ1v) is 6.00. The van der Waals surface area contributed by atoms with E-state index < -0.39 is 0 Å². The van der Waals surface area contributed by atoms with Gasteiger partial charge in [-0.05, 0) is 38.3 Å². The number of hydrogen-bond acceptors (Lipinski definition) is 4. The highest BCUT2D eigenvalue weighted by atomic mass is 15.1. The Morgan fingerprint density at radius 2 is 1.88 bits per heavy atom. The van der Waals surface area contributed by atoms with Crippen molar-refractivity contribution >= 4 is 0 Å². The Morgan fingerprint density at radius 3 is 2.62 bits per heavy atom. The first-order valence-electron chi connectivity index (χ1n) is 6.00. The summed E-state index contributed by atoms with van der Waals surface area (Å²) in [5, 5.41) is 7.02. The SMILES string of the molecule is Cc1cc(C)nc(C2NCC3CNCC32)n1. The molecular formula is C12H18N4. The number of aryl methyl sites for hydroxylation is 2. The van der Waals surface area contributed by atoms with Crippen LogP contribution in [0.4, 0.5) is 0 Å². The van der Waals surface area contributed by atoms with Crippen LogP contribution in [0.15, 0.2) is 6.07 Å². The first kappa shape index (κ1) is 10.2. The predicted molar refractivity (Wildman–Crippen MR) is 62.1 cm³/mol. The molecule has 2 fully saturated rings. The minimum Gasteiger partial charge on any atom is -0.316 e. The molecule has 3 rings (SSSR count). The van der Waals surface area contributed by atoms with E-state index in [1.54, 1.807) is 0 Å². The maximum Gasteiger partial charge on any atom is 0.146 e. The van der Waals surface area contributed by atoms with Gasteiger partial charge >= 0.3 is 0 Å². The molecule has 16 heavy (non-hydrogen) atoms. The van der Waals surface area contributed by atoms with Gasteiger partial charge in [0.25, 0.3) is 0 Å². The standard InChI is InChI=1S/C12H18N4/c1-7-3-8(2)16-12(15-7)11-10-6-13-4-9(10)5-14-11/h3,9-11,13-14H,4-6H2,1-2H3. The third-order valence-corrected chi connectivity index (χ3v) is 3.70. The summed E-state index contributed by atoms with van der Waals surface area (Å²) in [5.74, 6) is 2.41. The molecule has 4 heteroatoms. The molecule has 0 amide bonds. The molecule has 0 radical (unpaired) electrons. The van der Waals surface area contributed by atoms with Gasteiger partial charge in [0.1, 0.15) is 5.82 Å². The van der Waals surface area contributed by atoms with E-state index in [4.69, 9.17) is 0 Å². The van der Waals surface area contributed by atoms with Crippen molar-refractivity contribution in [1.82, 2.24) is 20.6 Å². The molecule has 86 valence electrons. The summed E-state index contributed by atoms with van der Waals surface area (Å²) in [4.78, 5) is 9.15. The molecule has 1 aromatic rings. The highest BCUT2D eigenvalue weighted by Gasteiger charge is 2.41. The molecular weight excluding hydrogens is 200 g/mol. The molecule has 1 aromatic heterocycles. The Bertz CT molecular complexity index is 384. The van der Waals surface area contributed by atoms with Gasteiger partial charge in [-0.3, -0.25) is 0 Å². The number of fused-ring (bicyclic) bond motifs is 1. The highest BCUT2D eigenvalue weighted by molar-refractivity contribution is 5.14. The molecule has 0 saturated carbocycles. The van der Waals surface area contributed by atoms with E-state index in [0.29, 0.717) is 12.0 Å². The van der Waals surface area contributed by atoms with Crippen molar-refractivity contribution < 1.29 is 0 Å². The minimum atomic E-state index is 0.346. The Balaban J connectivity index is 1.91. The second-order valence-corrected chi connectivity index (χ2v) is 4.98. The summed E-state index contributed by atoms with van der Waals surface area (Å²) < 4.78 is 0. The average Bonchev–Trinajstić information content (AvgIpc) is 2.75. The maximum absolute atomic E-state index is 4.58. The average molecular weight is 218 g/mol. The summed E-state index contributed by atoms with van der Waals surface area (Å²) in [7, 11) is 0. The van der Waals surface area contributed by atoms with Crippen molar-refractivity contribution in [2.45, 2.75) is 19.9 Å². The molecule has 0 aliphatic carbocycles. The molecule has 0 spiro atoms. The Morgan fingerprint density at radius 1 is 1.12 bits per heavy atom. The van der Waals surface area contributed by atoms with Crippen LogP contribution in [0.3, 0.4) is 0 Å². The Labute approximate surface area is 95.9 Å². The summed E-state index contributed by atoms with van der Waals surface area (Å²) >= 11 is 0. The summed E-state index contributed by atoms with van der Waals surface area (Å²) in [5.41, 5.74) is 2.14. The van der Waals surface area contributed by atoms with Crippen LogP contribution in [0, 0.1) is 25.7 Å². The zero-order valence-electron chi connectivity index (χ0n) is 9.83. The third kappa shape index (κ3) is 1.62. The van der Waals surface area contributed by atoms with Crippen molar-refractivity contribution in [3.05, 3.63) is 23.3 Å². The lowest BCUT2D eigenvalue weighted by Gasteiger charge is -2.16. The van der Waals surface area contributed by atoms with Gasteiger partial charge in [0.15, 0.2) is 0 Å². The molecule has 0 aromatic carbocycles. The second-order valence-electron chi connectivity index (χ2n) is 4.98. The van der Waals surface area contributed by atoms with Crippen LogP contribution in [0.25, 0.3) is 0 Å².